The fraction of sp³-hybridized carbons (Fsp3) is 0.167. The van der Waals surface area contributed by atoms with E-state index in [1.807, 2.05) is 38.1 Å². The van der Waals surface area contributed by atoms with E-state index in [1.165, 1.54) is 21.8 Å². The van der Waals surface area contributed by atoms with Gasteiger partial charge in [-0.15, -0.1) is 10.2 Å². The predicted octanol–water partition coefficient (Wildman–Crippen LogP) is 4.03. The molecule has 0 saturated heterocycles. The maximum absolute atomic E-state index is 12.4. The summed E-state index contributed by atoms with van der Waals surface area (Å²) in [7, 11) is 1.60. The maximum Gasteiger partial charge on any atom is 0.264 e. The van der Waals surface area contributed by atoms with Gasteiger partial charge in [0.1, 0.15) is 5.75 Å². The van der Waals surface area contributed by atoms with E-state index < -0.39 is 0 Å². The van der Waals surface area contributed by atoms with E-state index in [0.717, 1.165) is 33.7 Å². The van der Waals surface area contributed by atoms with Crippen molar-refractivity contribution in [3.05, 3.63) is 71.8 Å². The highest BCUT2D eigenvalue weighted by Gasteiger charge is 2.13. The van der Waals surface area contributed by atoms with Crippen LogP contribution in [0.15, 0.2) is 70.9 Å². The van der Waals surface area contributed by atoms with Crippen LogP contribution in [0, 0.1) is 6.92 Å². The predicted molar refractivity (Wildman–Crippen MR) is 137 cm³/mol. The van der Waals surface area contributed by atoms with E-state index >= 15 is 0 Å². The lowest BCUT2D eigenvalue weighted by Gasteiger charge is -2.09. The second-order valence-corrected chi connectivity index (χ2v) is 8.51. The average Bonchev–Trinajstić information content (AvgIpc) is 3.21. The third-order valence-electron chi connectivity index (χ3n) is 5.20. The summed E-state index contributed by atoms with van der Waals surface area (Å²) in [5, 5.41) is 18.0. The first-order valence-corrected chi connectivity index (χ1v) is 11.5. The van der Waals surface area contributed by atoms with Gasteiger partial charge >= 0.3 is 0 Å². The van der Waals surface area contributed by atoms with Crippen molar-refractivity contribution >= 4 is 45.8 Å². The minimum absolute atomic E-state index is 0.125. The first-order chi connectivity index (χ1) is 16.4. The van der Waals surface area contributed by atoms with Gasteiger partial charge in [0.25, 0.3) is 5.95 Å². The largest absolute Gasteiger partial charge is 0.497 e. The van der Waals surface area contributed by atoms with Gasteiger partial charge in [0.05, 0.1) is 18.6 Å². The molecule has 4 aromatic rings. The SMILES string of the molecule is COc1ccc(NC(=O)CSc2nnc(N/N=C(\C)c3ccc4ccccc4c3)n2N)c(C)c1. The Morgan fingerprint density at radius 3 is 2.68 bits per heavy atom. The van der Waals surface area contributed by atoms with Crippen LogP contribution in [0.1, 0.15) is 18.1 Å². The fourth-order valence-electron chi connectivity index (χ4n) is 3.28. The number of hydrogen-bond donors (Lipinski definition) is 3. The zero-order valence-corrected chi connectivity index (χ0v) is 19.9. The number of hydrogen-bond acceptors (Lipinski definition) is 8. The highest BCUT2D eigenvalue weighted by Crippen LogP contribution is 2.22. The number of nitrogens with one attached hydrogen (secondary N) is 2. The van der Waals surface area contributed by atoms with Crippen molar-refractivity contribution in [2.75, 3.05) is 29.4 Å². The first kappa shape index (κ1) is 23.1. The number of ether oxygens (including phenoxy) is 1. The van der Waals surface area contributed by atoms with Crippen LogP contribution in [0.25, 0.3) is 10.8 Å². The van der Waals surface area contributed by atoms with Crippen LogP contribution >= 0.6 is 11.8 Å². The van der Waals surface area contributed by atoms with Crippen molar-refractivity contribution < 1.29 is 9.53 Å². The number of nitrogen functional groups attached to an aromatic ring is 1. The zero-order chi connectivity index (χ0) is 24.1. The summed E-state index contributed by atoms with van der Waals surface area (Å²) in [6.45, 7) is 3.80. The smallest absolute Gasteiger partial charge is 0.264 e. The number of hydrazone groups is 1. The average molecular weight is 476 g/mol. The molecule has 0 aliphatic carbocycles. The number of carbonyl (C=O) groups is 1. The van der Waals surface area contributed by atoms with Crippen molar-refractivity contribution in [1.82, 2.24) is 14.9 Å². The molecule has 4 N–H and O–H groups in total. The second kappa shape index (κ2) is 10.3. The molecular formula is C24H25N7O2S. The Morgan fingerprint density at radius 1 is 1.12 bits per heavy atom. The summed E-state index contributed by atoms with van der Waals surface area (Å²) in [4.78, 5) is 12.4. The molecule has 1 aromatic heterocycles. The second-order valence-electron chi connectivity index (χ2n) is 7.56. The van der Waals surface area contributed by atoms with Crippen LogP contribution in [0.3, 0.4) is 0 Å². The van der Waals surface area contributed by atoms with E-state index in [0.29, 0.717) is 5.16 Å². The lowest BCUT2D eigenvalue weighted by Crippen LogP contribution is -2.17. The minimum Gasteiger partial charge on any atom is -0.497 e. The number of aromatic nitrogens is 3. The summed E-state index contributed by atoms with van der Waals surface area (Å²) in [5.41, 5.74) is 6.24. The van der Waals surface area contributed by atoms with Gasteiger partial charge in [-0.3, -0.25) is 4.79 Å². The number of anilines is 2. The van der Waals surface area contributed by atoms with Gasteiger partial charge < -0.3 is 15.9 Å². The Balaban J connectivity index is 1.36. The normalized spacial score (nSPS) is 11.4. The van der Waals surface area contributed by atoms with Crippen LogP contribution in [-0.2, 0) is 4.79 Å². The fourth-order valence-corrected chi connectivity index (χ4v) is 3.94. The lowest BCUT2D eigenvalue weighted by atomic mass is 10.0. The van der Waals surface area contributed by atoms with Crippen LogP contribution in [0.2, 0.25) is 0 Å². The number of nitrogens with two attached hydrogens (primary N) is 1. The minimum atomic E-state index is -0.180. The standard InChI is InChI=1S/C24H25N7O2S/c1-15-12-20(33-3)10-11-21(15)26-22(32)14-34-24-30-29-23(31(24)25)28-27-16(2)18-9-8-17-6-4-5-7-19(17)13-18/h4-13H,14,25H2,1-3H3,(H,26,32)(H,28,29)/b27-16+. The van der Waals surface area contributed by atoms with E-state index in [4.69, 9.17) is 10.6 Å². The number of methoxy groups -OCH3 is 1. The van der Waals surface area contributed by atoms with Gasteiger partial charge in [-0.05, 0) is 60.0 Å². The number of amides is 1. The van der Waals surface area contributed by atoms with Crippen molar-refractivity contribution in [1.29, 1.82) is 0 Å². The Hall–Kier alpha value is -4.05. The number of aryl methyl sites for hydroxylation is 1. The van der Waals surface area contributed by atoms with E-state index in [-0.39, 0.29) is 17.6 Å². The maximum atomic E-state index is 12.4. The van der Waals surface area contributed by atoms with Crippen molar-refractivity contribution in [3.63, 3.8) is 0 Å². The highest BCUT2D eigenvalue weighted by molar-refractivity contribution is 7.99. The number of nitrogens with zero attached hydrogens (tertiary/aromatic N) is 4. The third kappa shape index (κ3) is 5.29. The molecular weight excluding hydrogens is 450 g/mol. The highest BCUT2D eigenvalue weighted by atomic mass is 32.2. The molecule has 34 heavy (non-hydrogen) atoms. The van der Waals surface area contributed by atoms with Gasteiger partial charge in [0.2, 0.25) is 11.1 Å². The molecule has 0 aliphatic rings. The molecule has 0 fully saturated rings. The lowest BCUT2D eigenvalue weighted by molar-refractivity contribution is -0.113. The molecule has 0 saturated carbocycles. The molecule has 3 aromatic carbocycles. The Bertz CT molecular complexity index is 1370. The molecule has 0 spiro atoms. The number of thioether (sulfide) groups is 1. The van der Waals surface area contributed by atoms with Crippen molar-refractivity contribution in [3.8, 4) is 5.75 Å². The molecule has 174 valence electrons. The van der Waals surface area contributed by atoms with Crippen LogP contribution in [0.5, 0.6) is 5.75 Å². The molecule has 0 unspecified atom stereocenters. The molecule has 0 radical (unpaired) electrons. The van der Waals surface area contributed by atoms with Gasteiger partial charge in [-0.2, -0.15) is 5.10 Å². The van der Waals surface area contributed by atoms with Crippen LogP contribution < -0.4 is 21.3 Å². The first-order valence-electron chi connectivity index (χ1n) is 10.5. The van der Waals surface area contributed by atoms with Crippen molar-refractivity contribution in [2.45, 2.75) is 19.0 Å². The zero-order valence-electron chi connectivity index (χ0n) is 19.1. The third-order valence-corrected chi connectivity index (χ3v) is 6.14. The molecule has 10 heteroatoms. The Kier molecular flexibility index (Phi) is 6.98. The summed E-state index contributed by atoms with van der Waals surface area (Å²) < 4.78 is 6.46. The number of rotatable bonds is 8. The summed E-state index contributed by atoms with van der Waals surface area (Å²) in [5.74, 6) is 7.04. The topological polar surface area (TPSA) is 119 Å². The number of carbonyl (C=O) groups excluding carboxylic acids is 1. The number of fused-ring (bicyclic) bond motifs is 1. The molecule has 0 aliphatic heterocycles. The van der Waals surface area contributed by atoms with Gasteiger partial charge in [0, 0.05) is 5.69 Å². The Morgan fingerprint density at radius 2 is 1.91 bits per heavy atom. The van der Waals surface area contributed by atoms with Gasteiger partial charge in [-0.25, -0.2) is 10.1 Å². The van der Waals surface area contributed by atoms with Gasteiger partial charge in [-0.1, -0.05) is 48.2 Å². The van der Waals surface area contributed by atoms with Crippen molar-refractivity contribution in [2.24, 2.45) is 5.10 Å². The summed E-state index contributed by atoms with van der Waals surface area (Å²) in [6, 6.07) is 19.8. The molecule has 4 rings (SSSR count). The molecule has 0 atom stereocenters. The van der Waals surface area contributed by atoms with Crippen LogP contribution in [-0.4, -0.2) is 39.4 Å². The van der Waals surface area contributed by atoms with E-state index in [9.17, 15) is 4.79 Å². The van der Waals surface area contributed by atoms with E-state index in [1.54, 1.807) is 19.2 Å². The van der Waals surface area contributed by atoms with E-state index in [2.05, 4.69) is 50.3 Å². The summed E-state index contributed by atoms with van der Waals surface area (Å²) in [6.07, 6.45) is 0. The molecule has 0 bridgehead atoms. The molecule has 9 nitrogen and oxygen atoms in total. The molecule has 1 heterocycles. The van der Waals surface area contributed by atoms with Crippen LogP contribution in [0.4, 0.5) is 11.6 Å². The number of benzene rings is 3. The Labute approximate surface area is 201 Å². The van der Waals surface area contributed by atoms with Gasteiger partial charge in [0.15, 0.2) is 0 Å². The quantitative estimate of drug-likeness (QED) is 0.152. The monoisotopic (exact) mass is 475 g/mol. The molecule has 1 amide bonds. The summed E-state index contributed by atoms with van der Waals surface area (Å²) >= 11 is 1.18.